The zero-order valence-electron chi connectivity index (χ0n) is 23.4. The first kappa shape index (κ1) is 32.7. The lowest BCUT2D eigenvalue weighted by Crippen LogP contribution is -2.66. The SMILES string of the molecule is NC[C@@H]1O[C@H](O[C@H]2[C@@H](O)[C@H](O[C@@H]3[C@@H](O)[C@H](N)C[C@H](N)[C@H]3O[C@H]3OC(C4(N)CC4)CC[C@H]3N)O[C@@H]2CO)[C@H](N)[C@@H](O)[C@@H]1O. The van der Waals surface area contributed by atoms with E-state index in [0.29, 0.717) is 12.8 Å². The molecule has 0 spiro atoms. The van der Waals surface area contributed by atoms with Crippen LogP contribution in [0, 0.1) is 0 Å². The van der Waals surface area contributed by atoms with Gasteiger partial charge in [-0.15, -0.1) is 0 Å². The molecule has 0 amide bonds. The summed E-state index contributed by atoms with van der Waals surface area (Å²) in [5, 5.41) is 52.7. The first-order chi connectivity index (χ1) is 19.9. The smallest absolute Gasteiger partial charge is 0.187 e. The Bertz CT molecular complexity index is 907. The highest BCUT2D eigenvalue weighted by Gasteiger charge is 2.54. The van der Waals surface area contributed by atoms with Crippen LogP contribution in [0.1, 0.15) is 32.1 Å². The Kier molecular flexibility index (Phi) is 10.1. The lowest BCUT2D eigenvalue weighted by Gasteiger charge is -2.46. The van der Waals surface area contributed by atoms with Crippen molar-refractivity contribution >= 4 is 0 Å². The van der Waals surface area contributed by atoms with E-state index in [-0.39, 0.29) is 19.1 Å². The summed E-state index contributed by atoms with van der Waals surface area (Å²) in [5.74, 6) is 0. The second kappa shape index (κ2) is 13.0. The van der Waals surface area contributed by atoms with E-state index < -0.39 is 110 Å². The highest BCUT2D eigenvalue weighted by atomic mass is 16.8. The summed E-state index contributed by atoms with van der Waals surface area (Å²) in [6.07, 6.45) is -11.6. The quantitative estimate of drug-likeness (QED) is 0.116. The van der Waals surface area contributed by atoms with Crippen molar-refractivity contribution in [3.05, 3.63) is 0 Å². The molecule has 42 heavy (non-hydrogen) atoms. The summed E-state index contributed by atoms with van der Waals surface area (Å²) < 4.78 is 35.7. The molecule has 3 saturated heterocycles. The first-order valence-corrected chi connectivity index (χ1v) is 14.7. The van der Waals surface area contributed by atoms with Crippen LogP contribution < -0.4 is 34.4 Å². The monoisotopic (exact) mass is 608 g/mol. The van der Waals surface area contributed by atoms with Crippen LogP contribution in [0.25, 0.3) is 0 Å². The normalized spacial score (nSPS) is 52.8. The second-order valence-corrected chi connectivity index (χ2v) is 12.4. The third kappa shape index (κ3) is 6.35. The van der Waals surface area contributed by atoms with Crippen molar-refractivity contribution in [1.82, 2.24) is 0 Å². The van der Waals surface area contributed by atoms with Gasteiger partial charge in [0.25, 0.3) is 0 Å². The van der Waals surface area contributed by atoms with Crippen molar-refractivity contribution in [2.24, 2.45) is 34.4 Å². The molecular formula is C25H48N6O11. The van der Waals surface area contributed by atoms with Gasteiger partial charge in [0, 0.05) is 24.2 Å². The molecule has 1 unspecified atom stereocenters. The van der Waals surface area contributed by atoms with Gasteiger partial charge in [0.05, 0.1) is 30.9 Å². The van der Waals surface area contributed by atoms with Crippen LogP contribution in [0.15, 0.2) is 0 Å². The predicted molar refractivity (Wildman–Crippen MR) is 143 cm³/mol. The molecule has 0 radical (unpaired) electrons. The molecule has 3 heterocycles. The molecule has 5 aliphatic rings. The molecule has 2 aliphatic carbocycles. The topological polar surface area (TPSA) is 313 Å². The van der Waals surface area contributed by atoms with Crippen molar-refractivity contribution < 1.29 is 54.0 Å². The number of hydrogen-bond acceptors (Lipinski definition) is 17. The number of hydrogen-bond donors (Lipinski definition) is 11. The van der Waals surface area contributed by atoms with E-state index in [0.717, 1.165) is 12.8 Å². The molecule has 3 aliphatic heterocycles. The molecule has 0 aromatic rings. The number of rotatable bonds is 9. The van der Waals surface area contributed by atoms with E-state index in [1.165, 1.54) is 0 Å². The molecule has 5 fully saturated rings. The Morgan fingerprint density at radius 2 is 1.31 bits per heavy atom. The molecule has 0 aromatic carbocycles. The van der Waals surface area contributed by atoms with Crippen LogP contribution in [-0.2, 0) is 28.4 Å². The summed E-state index contributed by atoms with van der Waals surface area (Å²) in [6, 6.07) is -3.13. The molecule has 0 bridgehead atoms. The lowest BCUT2D eigenvalue weighted by atomic mass is 9.84. The Balaban J connectivity index is 1.29. The largest absolute Gasteiger partial charge is 0.394 e. The second-order valence-electron chi connectivity index (χ2n) is 12.4. The van der Waals surface area contributed by atoms with E-state index in [9.17, 15) is 25.5 Å². The zero-order valence-corrected chi connectivity index (χ0v) is 23.4. The van der Waals surface area contributed by atoms with E-state index >= 15 is 0 Å². The maximum Gasteiger partial charge on any atom is 0.187 e. The van der Waals surface area contributed by atoms with Crippen molar-refractivity contribution in [1.29, 1.82) is 0 Å². The molecular weight excluding hydrogens is 560 g/mol. The first-order valence-electron chi connectivity index (χ1n) is 14.7. The average Bonchev–Trinajstić information content (AvgIpc) is 3.65. The summed E-state index contributed by atoms with van der Waals surface area (Å²) in [4.78, 5) is 0. The van der Waals surface area contributed by atoms with E-state index in [1.54, 1.807) is 0 Å². The highest BCUT2D eigenvalue weighted by molar-refractivity contribution is 5.07. The van der Waals surface area contributed by atoms with Crippen LogP contribution in [0.3, 0.4) is 0 Å². The minimum atomic E-state index is -1.52. The van der Waals surface area contributed by atoms with Crippen molar-refractivity contribution in [2.45, 2.75) is 142 Å². The minimum absolute atomic E-state index is 0.132. The summed E-state index contributed by atoms with van der Waals surface area (Å²) in [6.45, 7) is -0.721. The van der Waals surface area contributed by atoms with Crippen LogP contribution >= 0.6 is 0 Å². The van der Waals surface area contributed by atoms with Crippen LogP contribution in [0.4, 0.5) is 0 Å². The van der Waals surface area contributed by atoms with Crippen LogP contribution in [0.2, 0.25) is 0 Å². The summed E-state index contributed by atoms with van der Waals surface area (Å²) in [5.41, 5.74) is 36.5. The van der Waals surface area contributed by atoms with Gasteiger partial charge in [0.15, 0.2) is 18.9 Å². The van der Waals surface area contributed by atoms with Crippen LogP contribution in [-0.4, -0.2) is 148 Å². The number of ether oxygens (including phenoxy) is 6. The fourth-order valence-corrected chi connectivity index (χ4v) is 6.31. The molecule has 5 rings (SSSR count). The Labute approximate surface area is 243 Å². The Hall–Kier alpha value is -0.680. The van der Waals surface area contributed by atoms with Crippen molar-refractivity contribution in [3.8, 4) is 0 Å². The van der Waals surface area contributed by atoms with E-state index in [1.807, 2.05) is 0 Å². The summed E-state index contributed by atoms with van der Waals surface area (Å²) >= 11 is 0. The maximum atomic E-state index is 11.2. The van der Waals surface area contributed by atoms with Gasteiger partial charge < -0.3 is 88.4 Å². The van der Waals surface area contributed by atoms with Gasteiger partial charge in [-0.1, -0.05) is 0 Å². The fraction of sp³-hybridized carbons (Fsp3) is 1.00. The van der Waals surface area contributed by atoms with Gasteiger partial charge in [-0.05, 0) is 32.1 Å². The van der Waals surface area contributed by atoms with Gasteiger partial charge >= 0.3 is 0 Å². The molecule has 17 N–H and O–H groups in total. The van der Waals surface area contributed by atoms with Gasteiger partial charge in [0.2, 0.25) is 0 Å². The predicted octanol–water partition coefficient (Wildman–Crippen LogP) is -6.30. The maximum absolute atomic E-state index is 11.2. The number of aliphatic hydroxyl groups excluding tert-OH is 5. The molecule has 2 saturated carbocycles. The molecule has 17 nitrogen and oxygen atoms in total. The Morgan fingerprint density at radius 1 is 0.667 bits per heavy atom. The average molecular weight is 609 g/mol. The van der Waals surface area contributed by atoms with Crippen molar-refractivity contribution in [3.63, 3.8) is 0 Å². The zero-order chi connectivity index (χ0) is 30.5. The third-order valence-corrected chi connectivity index (χ3v) is 9.27. The van der Waals surface area contributed by atoms with Crippen LogP contribution in [0.5, 0.6) is 0 Å². The molecule has 0 aromatic heterocycles. The van der Waals surface area contributed by atoms with E-state index in [4.69, 9.17) is 62.8 Å². The number of nitrogens with two attached hydrogens (primary N) is 6. The van der Waals surface area contributed by atoms with E-state index in [2.05, 4.69) is 0 Å². The van der Waals surface area contributed by atoms with Gasteiger partial charge in [-0.2, -0.15) is 0 Å². The standard InChI is InChI=1S/C25H48N6O11/c26-6-11-16(34)17(35)14(30)23(37-11)41-20-12(7-32)38-24(18(20)36)42-21-15(33)9(28)5-10(29)19(21)40-22-8(27)1-2-13(39-22)25(31)3-4-25/h8-24,32-36H,1-7,26-31H2/t8-,9-,10+,11+,12-,13?,14-,15+,16-,17-,18-,19-,20-,21-,22-,23-,24+/m1/s1. The highest BCUT2D eigenvalue weighted by Crippen LogP contribution is 2.42. The third-order valence-electron chi connectivity index (χ3n) is 9.27. The lowest BCUT2D eigenvalue weighted by molar-refractivity contribution is -0.291. The molecule has 17 atom stereocenters. The van der Waals surface area contributed by atoms with Gasteiger partial charge in [0.1, 0.15) is 48.8 Å². The van der Waals surface area contributed by atoms with Gasteiger partial charge in [-0.3, -0.25) is 0 Å². The van der Waals surface area contributed by atoms with Crippen molar-refractivity contribution in [2.75, 3.05) is 13.2 Å². The number of aliphatic hydroxyl groups is 5. The fourth-order valence-electron chi connectivity index (χ4n) is 6.31. The summed E-state index contributed by atoms with van der Waals surface area (Å²) in [7, 11) is 0. The Morgan fingerprint density at radius 3 is 1.95 bits per heavy atom. The molecule has 244 valence electrons. The van der Waals surface area contributed by atoms with Gasteiger partial charge in [-0.25, -0.2) is 0 Å². The molecule has 17 heteroatoms. The minimum Gasteiger partial charge on any atom is -0.394 e.